The molecule has 0 spiro atoms. The molecule has 4 unspecified atom stereocenters. The molecule has 1 N–H and O–H groups in total. The summed E-state index contributed by atoms with van der Waals surface area (Å²) in [7, 11) is -1.37. The molecule has 2 rings (SSSR count). The number of methoxy groups -OCH3 is 1. The van der Waals surface area contributed by atoms with Crippen molar-refractivity contribution in [2.75, 3.05) is 25.2 Å². The molecule has 0 aliphatic carbocycles. The topological polar surface area (TPSA) is 64.6 Å². The molecule has 0 saturated carbocycles. The third-order valence-corrected chi connectivity index (χ3v) is 5.82. The maximum Gasteiger partial charge on any atom is 0.154 e. The average molecular weight is 291 g/mol. The van der Waals surface area contributed by atoms with E-state index in [0.717, 1.165) is 19.4 Å². The Morgan fingerprint density at radius 1 is 1.32 bits per heavy atom. The molecule has 0 bridgehead atoms. The van der Waals surface area contributed by atoms with E-state index in [1.807, 2.05) is 0 Å². The fraction of sp³-hybridized carbons (Fsp3) is 1.00. The lowest BCUT2D eigenvalue weighted by molar-refractivity contribution is -0.0285. The van der Waals surface area contributed by atoms with Crippen LogP contribution in [-0.2, 0) is 19.3 Å². The van der Waals surface area contributed by atoms with Crippen molar-refractivity contribution >= 4 is 9.84 Å². The molecule has 0 amide bonds. The first kappa shape index (κ1) is 15.2. The standard InChI is InChI=1S/C13H25NO4S/c1-9(2)12-6-10(4-5-18-12)14-11-7-19(15,16)8-13(11)17-3/h9-14H,4-8H2,1-3H3. The minimum Gasteiger partial charge on any atom is -0.379 e. The lowest BCUT2D eigenvalue weighted by Crippen LogP contribution is -2.49. The van der Waals surface area contributed by atoms with Gasteiger partial charge in [0.1, 0.15) is 0 Å². The highest BCUT2D eigenvalue weighted by Crippen LogP contribution is 2.23. The molecule has 4 atom stereocenters. The monoisotopic (exact) mass is 291 g/mol. The van der Waals surface area contributed by atoms with Crippen molar-refractivity contribution in [2.24, 2.45) is 5.92 Å². The Morgan fingerprint density at radius 2 is 2.05 bits per heavy atom. The van der Waals surface area contributed by atoms with E-state index in [2.05, 4.69) is 19.2 Å². The Morgan fingerprint density at radius 3 is 2.68 bits per heavy atom. The van der Waals surface area contributed by atoms with Gasteiger partial charge in [0.05, 0.1) is 23.7 Å². The molecule has 2 heterocycles. The molecule has 5 nitrogen and oxygen atoms in total. The summed E-state index contributed by atoms with van der Waals surface area (Å²) < 4.78 is 34.4. The van der Waals surface area contributed by atoms with Crippen LogP contribution in [0.25, 0.3) is 0 Å². The molecule has 2 aliphatic heterocycles. The van der Waals surface area contributed by atoms with Crippen molar-refractivity contribution in [3.05, 3.63) is 0 Å². The average Bonchev–Trinajstić information content (AvgIpc) is 2.64. The van der Waals surface area contributed by atoms with Crippen molar-refractivity contribution in [1.82, 2.24) is 5.32 Å². The molecule has 0 radical (unpaired) electrons. The van der Waals surface area contributed by atoms with Crippen molar-refractivity contribution in [3.63, 3.8) is 0 Å². The van der Waals surface area contributed by atoms with E-state index >= 15 is 0 Å². The first-order chi connectivity index (χ1) is 8.91. The smallest absolute Gasteiger partial charge is 0.154 e. The van der Waals surface area contributed by atoms with Gasteiger partial charge in [0, 0.05) is 25.8 Å². The molecule has 2 fully saturated rings. The van der Waals surface area contributed by atoms with E-state index < -0.39 is 9.84 Å². The van der Waals surface area contributed by atoms with E-state index in [9.17, 15) is 8.42 Å². The van der Waals surface area contributed by atoms with Gasteiger partial charge in [-0.3, -0.25) is 0 Å². The molecular formula is C13H25NO4S. The summed E-state index contributed by atoms with van der Waals surface area (Å²) in [6.45, 7) is 5.06. The van der Waals surface area contributed by atoms with Gasteiger partial charge in [-0.25, -0.2) is 8.42 Å². The molecule has 2 aliphatic rings. The van der Waals surface area contributed by atoms with Gasteiger partial charge in [-0.1, -0.05) is 13.8 Å². The minimum absolute atomic E-state index is 0.0779. The number of sulfone groups is 1. The third-order valence-electron chi connectivity index (χ3n) is 4.11. The van der Waals surface area contributed by atoms with E-state index in [1.54, 1.807) is 7.11 Å². The van der Waals surface area contributed by atoms with E-state index in [4.69, 9.17) is 9.47 Å². The van der Waals surface area contributed by atoms with Crippen LogP contribution in [0.1, 0.15) is 26.7 Å². The van der Waals surface area contributed by atoms with E-state index in [0.29, 0.717) is 12.0 Å². The summed E-state index contributed by atoms with van der Waals surface area (Å²) in [6, 6.07) is 0.253. The molecule has 2 saturated heterocycles. The largest absolute Gasteiger partial charge is 0.379 e. The molecule has 112 valence electrons. The third kappa shape index (κ3) is 3.90. The second kappa shape index (κ2) is 6.08. The summed E-state index contributed by atoms with van der Waals surface area (Å²) in [5.41, 5.74) is 0. The number of nitrogens with one attached hydrogen (secondary N) is 1. The van der Waals surface area contributed by atoms with Gasteiger partial charge in [-0.2, -0.15) is 0 Å². The van der Waals surface area contributed by atoms with Gasteiger partial charge in [0.25, 0.3) is 0 Å². The first-order valence-electron chi connectivity index (χ1n) is 7.02. The van der Waals surface area contributed by atoms with Crippen molar-refractivity contribution < 1.29 is 17.9 Å². The zero-order chi connectivity index (χ0) is 14.0. The Hall–Kier alpha value is -0.170. The van der Waals surface area contributed by atoms with Crippen LogP contribution in [0.3, 0.4) is 0 Å². The van der Waals surface area contributed by atoms with Crippen LogP contribution in [0.5, 0.6) is 0 Å². The van der Waals surface area contributed by atoms with Gasteiger partial charge in [-0.15, -0.1) is 0 Å². The summed E-state index contributed by atoms with van der Waals surface area (Å²) in [6.07, 6.45) is 1.94. The summed E-state index contributed by atoms with van der Waals surface area (Å²) in [5, 5.41) is 3.48. The lowest BCUT2D eigenvalue weighted by atomic mass is 9.94. The van der Waals surface area contributed by atoms with Crippen molar-refractivity contribution in [2.45, 2.75) is 51.0 Å². The predicted molar refractivity (Wildman–Crippen MR) is 74.0 cm³/mol. The second-order valence-corrected chi connectivity index (χ2v) is 8.15. The molecule has 0 aromatic carbocycles. The van der Waals surface area contributed by atoms with Crippen LogP contribution >= 0.6 is 0 Å². The maximum absolute atomic E-state index is 11.7. The highest BCUT2D eigenvalue weighted by Gasteiger charge is 2.39. The van der Waals surface area contributed by atoms with Gasteiger partial charge in [-0.05, 0) is 18.8 Å². The van der Waals surface area contributed by atoms with E-state index in [1.165, 1.54) is 0 Å². The zero-order valence-electron chi connectivity index (χ0n) is 12.0. The lowest BCUT2D eigenvalue weighted by Gasteiger charge is -2.34. The molecule has 0 aromatic heterocycles. The number of hydrogen-bond donors (Lipinski definition) is 1. The first-order valence-corrected chi connectivity index (χ1v) is 8.84. The fourth-order valence-electron chi connectivity index (χ4n) is 2.95. The quantitative estimate of drug-likeness (QED) is 0.821. The van der Waals surface area contributed by atoms with Crippen LogP contribution < -0.4 is 5.32 Å². The van der Waals surface area contributed by atoms with Crippen LogP contribution in [0, 0.1) is 5.92 Å². The molecule has 19 heavy (non-hydrogen) atoms. The van der Waals surface area contributed by atoms with Crippen molar-refractivity contribution in [3.8, 4) is 0 Å². The Bertz CT molecular complexity index is 395. The highest BCUT2D eigenvalue weighted by molar-refractivity contribution is 7.91. The van der Waals surface area contributed by atoms with Gasteiger partial charge in [0.2, 0.25) is 0 Å². The molecule has 0 aromatic rings. The van der Waals surface area contributed by atoms with Crippen LogP contribution in [0.2, 0.25) is 0 Å². The molecule has 6 heteroatoms. The SMILES string of the molecule is COC1CS(=O)(=O)CC1NC1CCOC(C(C)C)C1. The fourth-order valence-corrected chi connectivity index (χ4v) is 4.81. The zero-order valence-corrected chi connectivity index (χ0v) is 12.8. The van der Waals surface area contributed by atoms with Crippen molar-refractivity contribution in [1.29, 1.82) is 0 Å². The summed E-state index contributed by atoms with van der Waals surface area (Å²) >= 11 is 0. The number of hydrogen-bond acceptors (Lipinski definition) is 5. The Kier molecular flexibility index (Phi) is 4.87. The van der Waals surface area contributed by atoms with Crippen LogP contribution in [-0.4, -0.2) is 57.9 Å². The predicted octanol–water partition coefficient (Wildman–Crippen LogP) is 0.592. The van der Waals surface area contributed by atoms with E-state index in [-0.39, 0.29) is 29.8 Å². The Balaban J connectivity index is 1.93. The van der Waals surface area contributed by atoms with Crippen LogP contribution in [0.15, 0.2) is 0 Å². The number of rotatable bonds is 4. The van der Waals surface area contributed by atoms with Gasteiger partial charge < -0.3 is 14.8 Å². The second-order valence-electron chi connectivity index (χ2n) is 6.00. The molecular weight excluding hydrogens is 266 g/mol. The Labute approximate surface area is 116 Å². The normalized spacial score (nSPS) is 38.7. The summed E-state index contributed by atoms with van der Waals surface area (Å²) in [5.74, 6) is 0.822. The summed E-state index contributed by atoms with van der Waals surface area (Å²) in [4.78, 5) is 0. The number of ether oxygens (including phenoxy) is 2. The maximum atomic E-state index is 11.7. The highest BCUT2D eigenvalue weighted by atomic mass is 32.2. The van der Waals surface area contributed by atoms with Crippen LogP contribution in [0.4, 0.5) is 0 Å². The minimum atomic E-state index is -2.96. The van der Waals surface area contributed by atoms with Gasteiger partial charge >= 0.3 is 0 Å². The van der Waals surface area contributed by atoms with Gasteiger partial charge in [0.15, 0.2) is 9.84 Å².